The molecule has 0 unspecified atom stereocenters. The maximum Gasteiger partial charge on any atom is 0.251 e. The van der Waals surface area contributed by atoms with Gasteiger partial charge in [-0.25, -0.2) is 0 Å². The molecule has 1 aromatic heterocycles. The molecule has 8 heteroatoms. The van der Waals surface area contributed by atoms with Crippen LogP contribution in [0.3, 0.4) is 0 Å². The van der Waals surface area contributed by atoms with E-state index in [1.165, 1.54) is 31.0 Å². The van der Waals surface area contributed by atoms with Crippen molar-refractivity contribution in [3.63, 3.8) is 0 Å². The van der Waals surface area contributed by atoms with E-state index in [1.54, 1.807) is 12.1 Å². The lowest BCUT2D eigenvalue weighted by molar-refractivity contribution is -0.119. The molecule has 7 nitrogen and oxygen atoms in total. The smallest absolute Gasteiger partial charge is 0.251 e. The van der Waals surface area contributed by atoms with Gasteiger partial charge in [0.05, 0.1) is 11.8 Å². The maximum atomic E-state index is 12.4. The van der Waals surface area contributed by atoms with Crippen LogP contribution in [-0.4, -0.2) is 38.4 Å². The van der Waals surface area contributed by atoms with Gasteiger partial charge < -0.3 is 15.2 Å². The minimum Gasteiger partial charge on any atom is -0.352 e. The van der Waals surface area contributed by atoms with Gasteiger partial charge in [0.15, 0.2) is 11.0 Å². The lowest BCUT2D eigenvalue weighted by Crippen LogP contribution is -2.41. The Labute approximate surface area is 176 Å². The summed E-state index contributed by atoms with van der Waals surface area (Å²) in [6.45, 7) is 4.08. The third-order valence-electron chi connectivity index (χ3n) is 5.43. The number of hydrogen-bond acceptors (Lipinski definition) is 5. The predicted octanol–water partition coefficient (Wildman–Crippen LogP) is 3.09. The van der Waals surface area contributed by atoms with Crippen LogP contribution in [0.1, 0.15) is 61.8 Å². The number of nitrogens with one attached hydrogen (secondary N) is 2. The van der Waals surface area contributed by atoms with Crippen molar-refractivity contribution in [2.75, 3.05) is 5.75 Å². The standard InChI is InChI=1S/C21H29N5O2S/c1-14-9-7-8-12-17(14)23-18(27)13-29-21-25-24-19(26(21)3)15(2)22-20(28)16-10-5-4-6-11-16/h4-6,10-11,14-15,17H,7-9,12-13H2,1-3H3,(H,22,28)(H,23,27)/t14-,15+,17-/m0/s1. The summed E-state index contributed by atoms with van der Waals surface area (Å²) in [5.74, 6) is 1.37. The molecule has 0 bridgehead atoms. The highest BCUT2D eigenvalue weighted by molar-refractivity contribution is 7.99. The molecule has 3 rings (SSSR count). The summed E-state index contributed by atoms with van der Waals surface area (Å²) >= 11 is 1.36. The van der Waals surface area contributed by atoms with E-state index in [4.69, 9.17) is 0 Å². The molecule has 0 saturated heterocycles. The summed E-state index contributed by atoms with van der Waals surface area (Å²) in [5.41, 5.74) is 0.602. The number of hydrogen-bond donors (Lipinski definition) is 2. The average Bonchev–Trinajstić information content (AvgIpc) is 3.09. The number of carbonyl (C=O) groups is 2. The average molecular weight is 416 g/mol. The van der Waals surface area contributed by atoms with Crippen molar-refractivity contribution in [1.82, 2.24) is 25.4 Å². The fraction of sp³-hybridized carbons (Fsp3) is 0.524. The van der Waals surface area contributed by atoms with Gasteiger partial charge >= 0.3 is 0 Å². The van der Waals surface area contributed by atoms with Gasteiger partial charge in [-0.2, -0.15) is 0 Å². The first-order valence-electron chi connectivity index (χ1n) is 10.1. The van der Waals surface area contributed by atoms with Gasteiger partial charge in [-0.15, -0.1) is 10.2 Å². The summed E-state index contributed by atoms with van der Waals surface area (Å²) in [7, 11) is 1.85. The van der Waals surface area contributed by atoms with E-state index < -0.39 is 0 Å². The molecule has 1 saturated carbocycles. The molecule has 156 valence electrons. The molecular weight excluding hydrogens is 386 g/mol. The maximum absolute atomic E-state index is 12.4. The highest BCUT2D eigenvalue weighted by atomic mass is 32.2. The molecule has 2 N–H and O–H groups in total. The Morgan fingerprint density at radius 1 is 1.21 bits per heavy atom. The van der Waals surface area contributed by atoms with Gasteiger partial charge in [0.1, 0.15) is 0 Å². The molecule has 29 heavy (non-hydrogen) atoms. The summed E-state index contributed by atoms with van der Waals surface area (Å²) < 4.78 is 1.83. The number of amides is 2. The topological polar surface area (TPSA) is 88.9 Å². The zero-order valence-corrected chi connectivity index (χ0v) is 18.0. The third-order valence-corrected chi connectivity index (χ3v) is 6.45. The Balaban J connectivity index is 1.53. The minimum atomic E-state index is -0.300. The molecule has 1 fully saturated rings. The van der Waals surface area contributed by atoms with Gasteiger partial charge in [0, 0.05) is 18.7 Å². The molecule has 1 heterocycles. The number of benzene rings is 1. The van der Waals surface area contributed by atoms with Gasteiger partial charge in [-0.05, 0) is 37.8 Å². The molecule has 0 aliphatic heterocycles. The van der Waals surface area contributed by atoms with E-state index in [-0.39, 0.29) is 23.9 Å². The number of carbonyl (C=O) groups excluding carboxylic acids is 2. The number of aromatic nitrogens is 3. The molecule has 1 aromatic carbocycles. The van der Waals surface area contributed by atoms with Gasteiger partial charge in [0.2, 0.25) is 5.91 Å². The van der Waals surface area contributed by atoms with Crippen LogP contribution in [0.2, 0.25) is 0 Å². The molecule has 2 amide bonds. The normalized spacial score (nSPS) is 20.1. The third kappa shape index (κ3) is 5.59. The van der Waals surface area contributed by atoms with Crippen molar-refractivity contribution in [3.05, 3.63) is 41.7 Å². The first-order valence-corrected chi connectivity index (χ1v) is 11.1. The van der Waals surface area contributed by atoms with Crippen molar-refractivity contribution in [3.8, 4) is 0 Å². The van der Waals surface area contributed by atoms with Crippen molar-refractivity contribution in [1.29, 1.82) is 0 Å². The molecule has 1 aliphatic rings. The Morgan fingerprint density at radius 3 is 2.66 bits per heavy atom. The van der Waals surface area contributed by atoms with E-state index in [0.717, 1.165) is 6.42 Å². The highest BCUT2D eigenvalue weighted by Gasteiger charge is 2.23. The molecule has 0 radical (unpaired) electrons. The molecular formula is C21H29N5O2S. The Bertz CT molecular complexity index is 839. The van der Waals surface area contributed by atoms with Crippen LogP contribution in [0.5, 0.6) is 0 Å². The number of nitrogens with zero attached hydrogens (tertiary/aromatic N) is 3. The monoisotopic (exact) mass is 415 g/mol. The minimum absolute atomic E-state index is 0.0312. The van der Waals surface area contributed by atoms with E-state index in [0.29, 0.717) is 28.2 Å². The SMILES string of the molecule is C[C@@H](NC(=O)c1ccccc1)c1nnc(SCC(=O)N[C@H]2CCCC[C@@H]2C)n1C. The molecule has 0 spiro atoms. The van der Waals surface area contributed by atoms with E-state index in [2.05, 4.69) is 27.8 Å². The Morgan fingerprint density at radius 2 is 1.93 bits per heavy atom. The zero-order chi connectivity index (χ0) is 20.8. The summed E-state index contributed by atoms with van der Waals surface area (Å²) in [6.07, 6.45) is 4.67. The van der Waals surface area contributed by atoms with E-state index in [9.17, 15) is 9.59 Å². The van der Waals surface area contributed by atoms with E-state index >= 15 is 0 Å². The summed E-state index contributed by atoms with van der Waals surface area (Å²) in [5, 5.41) is 15.2. The lowest BCUT2D eigenvalue weighted by atomic mass is 9.86. The van der Waals surface area contributed by atoms with Crippen molar-refractivity contribution in [2.24, 2.45) is 13.0 Å². The van der Waals surface area contributed by atoms with Crippen LogP contribution in [-0.2, 0) is 11.8 Å². The van der Waals surface area contributed by atoms with Crippen molar-refractivity contribution in [2.45, 2.75) is 56.8 Å². The molecule has 3 atom stereocenters. The van der Waals surface area contributed by atoms with Crippen molar-refractivity contribution >= 4 is 23.6 Å². The quantitative estimate of drug-likeness (QED) is 0.679. The van der Waals surface area contributed by atoms with Crippen LogP contribution in [0, 0.1) is 5.92 Å². The zero-order valence-electron chi connectivity index (χ0n) is 17.2. The predicted molar refractivity (Wildman–Crippen MR) is 114 cm³/mol. The van der Waals surface area contributed by atoms with Crippen LogP contribution in [0.25, 0.3) is 0 Å². The fourth-order valence-electron chi connectivity index (χ4n) is 3.67. The Hall–Kier alpha value is -2.35. The first-order chi connectivity index (χ1) is 14.0. The van der Waals surface area contributed by atoms with Gasteiger partial charge in [-0.1, -0.05) is 49.7 Å². The fourth-order valence-corrected chi connectivity index (χ4v) is 4.40. The second-order valence-corrected chi connectivity index (χ2v) is 8.63. The number of rotatable bonds is 7. The van der Waals surface area contributed by atoms with Crippen LogP contribution in [0.15, 0.2) is 35.5 Å². The molecule has 2 aromatic rings. The van der Waals surface area contributed by atoms with Gasteiger partial charge in [-0.3, -0.25) is 9.59 Å². The summed E-state index contributed by atoms with van der Waals surface area (Å²) in [4.78, 5) is 24.7. The van der Waals surface area contributed by atoms with Crippen molar-refractivity contribution < 1.29 is 9.59 Å². The first kappa shape index (κ1) is 21.4. The summed E-state index contributed by atoms with van der Waals surface area (Å²) in [6, 6.07) is 9.05. The lowest BCUT2D eigenvalue weighted by Gasteiger charge is -2.29. The van der Waals surface area contributed by atoms with Crippen LogP contribution >= 0.6 is 11.8 Å². The second-order valence-electron chi connectivity index (χ2n) is 7.69. The van der Waals surface area contributed by atoms with Gasteiger partial charge in [0.25, 0.3) is 5.91 Å². The largest absolute Gasteiger partial charge is 0.352 e. The second kappa shape index (κ2) is 9.91. The van der Waals surface area contributed by atoms with E-state index in [1.807, 2.05) is 36.7 Å². The number of thioether (sulfide) groups is 1. The highest BCUT2D eigenvalue weighted by Crippen LogP contribution is 2.24. The molecule has 1 aliphatic carbocycles. The Kier molecular flexibility index (Phi) is 7.30. The van der Waals surface area contributed by atoms with Crippen LogP contribution < -0.4 is 10.6 Å². The van der Waals surface area contributed by atoms with Crippen LogP contribution in [0.4, 0.5) is 0 Å².